The summed E-state index contributed by atoms with van der Waals surface area (Å²) in [7, 11) is 2.06. The number of hydrogen-bond donors (Lipinski definition) is 2. The average molecular weight is 396 g/mol. The van der Waals surface area contributed by atoms with Gasteiger partial charge >= 0.3 is 0 Å². The van der Waals surface area contributed by atoms with Gasteiger partial charge < -0.3 is 20.2 Å². The first-order valence-electron chi connectivity index (χ1n) is 10.3. The van der Waals surface area contributed by atoms with E-state index in [1.54, 1.807) is 12.3 Å². The molecule has 2 aliphatic rings. The lowest BCUT2D eigenvalue weighted by Crippen LogP contribution is -2.53. The van der Waals surface area contributed by atoms with E-state index in [0.29, 0.717) is 24.8 Å². The van der Waals surface area contributed by atoms with E-state index >= 15 is 0 Å². The van der Waals surface area contributed by atoms with Gasteiger partial charge in [0.2, 0.25) is 5.91 Å². The van der Waals surface area contributed by atoms with Crippen molar-refractivity contribution in [2.75, 3.05) is 33.2 Å². The van der Waals surface area contributed by atoms with Crippen LogP contribution in [0.4, 0.5) is 0 Å². The molecule has 154 valence electrons. The molecule has 2 aromatic rings. The van der Waals surface area contributed by atoms with E-state index in [1.807, 2.05) is 29.2 Å². The summed E-state index contributed by atoms with van der Waals surface area (Å²) in [6, 6.07) is 9.01. The van der Waals surface area contributed by atoms with Crippen molar-refractivity contribution < 1.29 is 14.7 Å². The van der Waals surface area contributed by atoms with Gasteiger partial charge in [0.15, 0.2) is 0 Å². The van der Waals surface area contributed by atoms with Crippen molar-refractivity contribution in [1.29, 1.82) is 0 Å². The van der Waals surface area contributed by atoms with E-state index < -0.39 is 12.1 Å². The van der Waals surface area contributed by atoms with Crippen molar-refractivity contribution >= 4 is 22.7 Å². The normalized spacial score (nSPS) is 25.7. The van der Waals surface area contributed by atoms with Crippen molar-refractivity contribution in [3.05, 3.63) is 42.1 Å². The lowest BCUT2D eigenvalue weighted by atomic mass is 9.82. The van der Waals surface area contributed by atoms with Crippen LogP contribution in [0.5, 0.6) is 0 Å². The highest BCUT2D eigenvalue weighted by Gasteiger charge is 2.36. The summed E-state index contributed by atoms with van der Waals surface area (Å²) < 4.78 is 0. The summed E-state index contributed by atoms with van der Waals surface area (Å²) >= 11 is 0. The highest BCUT2D eigenvalue weighted by atomic mass is 16.3. The molecule has 1 aliphatic heterocycles. The Hall–Kier alpha value is -2.51. The maximum absolute atomic E-state index is 12.9. The Morgan fingerprint density at radius 2 is 1.90 bits per heavy atom. The molecule has 29 heavy (non-hydrogen) atoms. The molecule has 7 heteroatoms. The number of aliphatic hydroxyl groups excluding tert-OH is 1. The second kappa shape index (κ2) is 8.47. The van der Waals surface area contributed by atoms with Crippen LogP contribution in [0.3, 0.4) is 0 Å². The molecule has 1 saturated carbocycles. The first-order valence-corrected chi connectivity index (χ1v) is 10.3. The molecular formula is C22H28N4O3. The van der Waals surface area contributed by atoms with Gasteiger partial charge in [-0.15, -0.1) is 0 Å². The van der Waals surface area contributed by atoms with Gasteiger partial charge in [-0.1, -0.05) is 18.2 Å². The Kier molecular flexibility index (Phi) is 5.78. The number of amides is 2. The summed E-state index contributed by atoms with van der Waals surface area (Å²) in [4.78, 5) is 34.1. The molecule has 1 aromatic heterocycles. The number of aromatic nitrogens is 1. The van der Waals surface area contributed by atoms with Crippen LogP contribution in [0.2, 0.25) is 0 Å². The van der Waals surface area contributed by atoms with Gasteiger partial charge in [-0.3, -0.25) is 14.6 Å². The number of piperazine rings is 1. The molecule has 1 saturated heterocycles. The van der Waals surface area contributed by atoms with Gasteiger partial charge in [0.25, 0.3) is 5.91 Å². The molecule has 0 spiro atoms. The van der Waals surface area contributed by atoms with Crippen molar-refractivity contribution in [2.24, 2.45) is 5.92 Å². The molecule has 1 aromatic carbocycles. The fourth-order valence-electron chi connectivity index (χ4n) is 4.27. The SMILES string of the molecule is CN1CCN(C(=O)[C@H]2CC[C@@H](O)[C@H](NC(=O)c3cnc4ccccc4c3)C2)CC1. The Bertz CT molecular complexity index is 895. The monoisotopic (exact) mass is 396 g/mol. The molecule has 2 fully saturated rings. The molecule has 3 atom stereocenters. The van der Waals surface area contributed by atoms with E-state index in [0.717, 1.165) is 37.1 Å². The lowest BCUT2D eigenvalue weighted by Gasteiger charge is -2.38. The minimum atomic E-state index is -0.635. The molecule has 0 unspecified atom stereocenters. The molecule has 4 rings (SSSR count). The Labute approximate surface area is 170 Å². The van der Waals surface area contributed by atoms with Crippen molar-refractivity contribution in [3.8, 4) is 0 Å². The Morgan fingerprint density at radius 1 is 1.14 bits per heavy atom. The number of carbonyl (C=O) groups is 2. The van der Waals surface area contributed by atoms with Crippen LogP contribution in [0.25, 0.3) is 10.9 Å². The number of rotatable bonds is 3. The Morgan fingerprint density at radius 3 is 2.69 bits per heavy atom. The number of nitrogens with one attached hydrogen (secondary N) is 1. The van der Waals surface area contributed by atoms with Crippen LogP contribution in [0, 0.1) is 5.92 Å². The molecule has 0 radical (unpaired) electrons. The number of fused-ring (bicyclic) bond motifs is 1. The molecule has 2 N–H and O–H groups in total. The number of aliphatic hydroxyl groups is 1. The maximum Gasteiger partial charge on any atom is 0.253 e. The zero-order valence-corrected chi connectivity index (χ0v) is 16.8. The highest BCUT2D eigenvalue weighted by Crippen LogP contribution is 2.27. The molecule has 0 bridgehead atoms. The largest absolute Gasteiger partial charge is 0.391 e. The van der Waals surface area contributed by atoms with Crippen LogP contribution in [-0.4, -0.2) is 77.1 Å². The van der Waals surface area contributed by atoms with Gasteiger partial charge in [0, 0.05) is 43.7 Å². The predicted octanol–water partition coefficient (Wildman–Crippen LogP) is 1.27. The third-order valence-electron chi connectivity index (χ3n) is 6.15. The van der Waals surface area contributed by atoms with Gasteiger partial charge in [0.1, 0.15) is 0 Å². The van der Waals surface area contributed by atoms with E-state index in [-0.39, 0.29) is 17.7 Å². The minimum Gasteiger partial charge on any atom is -0.391 e. The van der Waals surface area contributed by atoms with Crippen molar-refractivity contribution in [2.45, 2.75) is 31.4 Å². The quantitative estimate of drug-likeness (QED) is 0.816. The van der Waals surface area contributed by atoms with Gasteiger partial charge in [0.05, 0.1) is 23.2 Å². The highest BCUT2D eigenvalue weighted by molar-refractivity contribution is 5.97. The summed E-state index contributed by atoms with van der Waals surface area (Å²) in [5.74, 6) is -0.265. The number of hydrogen-bond acceptors (Lipinski definition) is 5. The Balaban J connectivity index is 1.41. The standard InChI is InChI=1S/C22H28N4O3/c1-25-8-10-26(11-9-25)22(29)16-6-7-20(27)19(13-16)24-21(28)17-12-15-4-2-3-5-18(15)23-14-17/h2-5,12,14,16,19-20,27H,6-11,13H2,1H3,(H,24,28)/t16-,19+,20+/m0/s1. The van der Waals surface area contributed by atoms with Crippen LogP contribution < -0.4 is 5.32 Å². The van der Waals surface area contributed by atoms with E-state index in [2.05, 4.69) is 22.2 Å². The fraction of sp³-hybridized carbons (Fsp3) is 0.500. The molecule has 2 heterocycles. The molecule has 2 amide bonds. The van der Waals surface area contributed by atoms with E-state index in [1.165, 1.54) is 0 Å². The average Bonchev–Trinajstić information content (AvgIpc) is 2.75. The minimum absolute atomic E-state index is 0.150. The number of para-hydroxylation sites is 1. The van der Waals surface area contributed by atoms with E-state index in [9.17, 15) is 14.7 Å². The van der Waals surface area contributed by atoms with Crippen LogP contribution in [0.1, 0.15) is 29.6 Å². The summed E-state index contributed by atoms with van der Waals surface area (Å²) in [5.41, 5.74) is 1.29. The lowest BCUT2D eigenvalue weighted by molar-refractivity contribution is -0.139. The maximum atomic E-state index is 12.9. The second-order valence-corrected chi connectivity index (χ2v) is 8.20. The smallest absolute Gasteiger partial charge is 0.253 e. The summed E-state index contributed by atoms with van der Waals surface area (Å²) in [6.07, 6.45) is 2.57. The molecular weight excluding hydrogens is 368 g/mol. The second-order valence-electron chi connectivity index (χ2n) is 8.20. The van der Waals surface area contributed by atoms with Gasteiger partial charge in [-0.05, 0) is 38.4 Å². The summed E-state index contributed by atoms with van der Waals surface area (Å²) in [6.45, 7) is 3.26. The molecule has 7 nitrogen and oxygen atoms in total. The number of benzene rings is 1. The van der Waals surface area contributed by atoms with Crippen LogP contribution in [-0.2, 0) is 4.79 Å². The fourth-order valence-corrected chi connectivity index (χ4v) is 4.27. The first-order chi connectivity index (χ1) is 14.0. The topological polar surface area (TPSA) is 85.8 Å². The van der Waals surface area contributed by atoms with Crippen molar-refractivity contribution in [1.82, 2.24) is 20.1 Å². The number of carbonyl (C=O) groups excluding carboxylic acids is 2. The van der Waals surface area contributed by atoms with Gasteiger partial charge in [-0.2, -0.15) is 0 Å². The number of pyridine rings is 1. The molecule has 1 aliphatic carbocycles. The first kappa shape index (κ1) is 19.8. The zero-order chi connectivity index (χ0) is 20.4. The third-order valence-corrected chi connectivity index (χ3v) is 6.15. The predicted molar refractivity (Wildman–Crippen MR) is 110 cm³/mol. The third kappa shape index (κ3) is 4.41. The van der Waals surface area contributed by atoms with Crippen LogP contribution >= 0.6 is 0 Å². The number of likely N-dealkylation sites (N-methyl/N-ethyl adjacent to an activating group) is 1. The number of nitrogens with zero attached hydrogens (tertiary/aromatic N) is 3. The zero-order valence-electron chi connectivity index (χ0n) is 16.8. The van der Waals surface area contributed by atoms with Gasteiger partial charge in [-0.25, -0.2) is 0 Å². The van der Waals surface area contributed by atoms with E-state index in [4.69, 9.17) is 0 Å². The van der Waals surface area contributed by atoms with Crippen LogP contribution in [0.15, 0.2) is 36.5 Å². The van der Waals surface area contributed by atoms with Crippen molar-refractivity contribution in [3.63, 3.8) is 0 Å². The summed E-state index contributed by atoms with van der Waals surface area (Å²) in [5, 5.41) is 14.3.